The molecule has 0 radical (unpaired) electrons. The SMILES string of the molecule is CCN(c1cc(F)cc(CCN)c1)C(C)C. The van der Waals surface area contributed by atoms with Crippen molar-refractivity contribution >= 4 is 5.69 Å². The van der Waals surface area contributed by atoms with Crippen molar-refractivity contribution in [3.8, 4) is 0 Å². The van der Waals surface area contributed by atoms with Crippen LogP contribution in [0.4, 0.5) is 10.1 Å². The van der Waals surface area contributed by atoms with Gasteiger partial charge >= 0.3 is 0 Å². The highest BCUT2D eigenvalue weighted by molar-refractivity contribution is 5.49. The summed E-state index contributed by atoms with van der Waals surface area (Å²) in [4.78, 5) is 2.17. The highest BCUT2D eigenvalue weighted by atomic mass is 19.1. The van der Waals surface area contributed by atoms with Crippen molar-refractivity contribution in [1.82, 2.24) is 0 Å². The maximum Gasteiger partial charge on any atom is 0.125 e. The van der Waals surface area contributed by atoms with Crippen LogP contribution >= 0.6 is 0 Å². The van der Waals surface area contributed by atoms with Crippen LogP contribution in [0.15, 0.2) is 18.2 Å². The van der Waals surface area contributed by atoms with Gasteiger partial charge in [-0.05, 0) is 57.5 Å². The summed E-state index contributed by atoms with van der Waals surface area (Å²) in [5.74, 6) is -0.181. The summed E-state index contributed by atoms with van der Waals surface area (Å²) in [6.07, 6.45) is 0.723. The summed E-state index contributed by atoms with van der Waals surface area (Å²) in [5.41, 5.74) is 7.41. The average molecular weight is 224 g/mol. The van der Waals surface area contributed by atoms with Crippen LogP contribution in [0.25, 0.3) is 0 Å². The van der Waals surface area contributed by atoms with Crippen LogP contribution in [0.2, 0.25) is 0 Å². The first-order valence-electron chi connectivity index (χ1n) is 5.84. The van der Waals surface area contributed by atoms with Gasteiger partial charge in [0.1, 0.15) is 5.82 Å². The molecule has 1 rings (SSSR count). The summed E-state index contributed by atoms with van der Waals surface area (Å²) in [7, 11) is 0. The summed E-state index contributed by atoms with van der Waals surface area (Å²) in [6, 6.07) is 5.55. The molecule has 0 aromatic heterocycles. The molecule has 0 heterocycles. The van der Waals surface area contributed by atoms with Gasteiger partial charge in [0, 0.05) is 18.3 Å². The van der Waals surface area contributed by atoms with Crippen molar-refractivity contribution in [2.24, 2.45) is 5.73 Å². The lowest BCUT2D eigenvalue weighted by Crippen LogP contribution is -2.30. The van der Waals surface area contributed by atoms with Gasteiger partial charge < -0.3 is 10.6 Å². The molecule has 0 saturated carbocycles. The molecular weight excluding hydrogens is 203 g/mol. The first-order valence-corrected chi connectivity index (χ1v) is 5.84. The third-order valence-electron chi connectivity index (χ3n) is 2.67. The number of hydrogen-bond acceptors (Lipinski definition) is 2. The van der Waals surface area contributed by atoms with E-state index >= 15 is 0 Å². The second kappa shape index (κ2) is 5.85. The van der Waals surface area contributed by atoms with E-state index in [1.165, 1.54) is 0 Å². The quantitative estimate of drug-likeness (QED) is 0.833. The minimum atomic E-state index is -0.181. The van der Waals surface area contributed by atoms with E-state index in [1.54, 1.807) is 12.1 Å². The average Bonchev–Trinajstić information content (AvgIpc) is 2.17. The number of nitrogens with two attached hydrogens (primary N) is 1. The lowest BCUT2D eigenvalue weighted by Gasteiger charge is -2.28. The highest BCUT2D eigenvalue weighted by Crippen LogP contribution is 2.20. The van der Waals surface area contributed by atoms with E-state index in [0.29, 0.717) is 12.6 Å². The second-order valence-corrected chi connectivity index (χ2v) is 4.24. The predicted octanol–water partition coefficient (Wildman–Crippen LogP) is 2.56. The van der Waals surface area contributed by atoms with Gasteiger partial charge in [0.15, 0.2) is 0 Å². The normalized spacial score (nSPS) is 10.9. The fourth-order valence-corrected chi connectivity index (χ4v) is 1.96. The summed E-state index contributed by atoms with van der Waals surface area (Å²) >= 11 is 0. The van der Waals surface area contributed by atoms with Crippen molar-refractivity contribution in [2.75, 3.05) is 18.0 Å². The van der Waals surface area contributed by atoms with Crippen molar-refractivity contribution in [2.45, 2.75) is 33.2 Å². The van der Waals surface area contributed by atoms with Gasteiger partial charge in [-0.25, -0.2) is 4.39 Å². The van der Waals surface area contributed by atoms with E-state index in [-0.39, 0.29) is 5.82 Å². The molecular formula is C13H21FN2. The molecule has 0 amide bonds. The minimum absolute atomic E-state index is 0.181. The molecule has 0 unspecified atom stereocenters. The Kier molecular flexibility index (Phi) is 4.74. The topological polar surface area (TPSA) is 29.3 Å². The van der Waals surface area contributed by atoms with E-state index in [0.717, 1.165) is 24.2 Å². The van der Waals surface area contributed by atoms with Crippen LogP contribution in [0, 0.1) is 5.82 Å². The van der Waals surface area contributed by atoms with E-state index < -0.39 is 0 Å². The maximum absolute atomic E-state index is 13.4. The van der Waals surface area contributed by atoms with Gasteiger partial charge in [-0.2, -0.15) is 0 Å². The summed E-state index contributed by atoms with van der Waals surface area (Å²) in [6.45, 7) is 7.72. The van der Waals surface area contributed by atoms with Gasteiger partial charge in [-0.15, -0.1) is 0 Å². The van der Waals surface area contributed by atoms with Crippen molar-refractivity contribution < 1.29 is 4.39 Å². The number of benzene rings is 1. The summed E-state index contributed by atoms with van der Waals surface area (Å²) in [5, 5.41) is 0. The van der Waals surface area contributed by atoms with E-state index in [1.807, 2.05) is 6.07 Å². The fraction of sp³-hybridized carbons (Fsp3) is 0.538. The van der Waals surface area contributed by atoms with Gasteiger partial charge in [0.05, 0.1) is 0 Å². The van der Waals surface area contributed by atoms with E-state index in [2.05, 4.69) is 25.7 Å². The molecule has 0 fully saturated rings. The molecule has 0 aliphatic rings. The minimum Gasteiger partial charge on any atom is -0.369 e. The summed E-state index contributed by atoms with van der Waals surface area (Å²) < 4.78 is 13.4. The second-order valence-electron chi connectivity index (χ2n) is 4.24. The monoisotopic (exact) mass is 224 g/mol. The smallest absolute Gasteiger partial charge is 0.125 e. The highest BCUT2D eigenvalue weighted by Gasteiger charge is 2.10. The first-order chi connectivity index (χ1) is 7.58. The number of halogens is 1. The Morgan fingerprint density at radius 2 is 2.00 bits per heavy atom. The Morgan fingerprint density at radius 3 is 2.50 bits per heavy atom. The molecule has 0 saturated heterocycles. The van der Waals surface area contributed by atoms with Crippen LogP contribution in [0.1, 0.15) is 26.3 Å². The third-order valence-corrected chi connectivity index (χ3v) is 2.67. The Balaban J connectivity index is 3.02. The molecule has 90 valence electrons. The molecule has 0 aliphatic carbocycles. The van der Waals surface area contributed by atoms with Crippen molar-refractivity contribution in [3.05, 3.63) is 29.6 Å². The van der Waals surface area contributed by atoms with Crippen LogP contribution < -0.4 is 10.6 Å². The molecule has 0 atom stereocenters. The van der Waals surface area contributed by atoms with Gasteiger partial charge in [-0.1, -0.05) is 0 Å². The van der Waals surface area contributed by atoms with Gasteiger partial charge in [0.2, 0.25) is 0 Å². The van der Waals surface area contributed by atoms with Crippen LogP contribution in [-0.4, -0.2) is 19.1 Å². The van der Waals surface area contributed by atoms with Crippen molar-refractivity contribution in [1.29, 1.82) is 0 Å². The standard InChI is InChI=1S/C13H21FN2/c1-4-16(10(2)3)13-8-11(5-6-15)7-12(14)9-13/h7-10H,4-6,15H2,1-3H3. The van der Waals surface area contributed by atoms with Crippen LogP contribution in [-0.2, 0) is 6.42 Å². The Morgan fingerprint density at radius 1 is 1.31 bits per heavy atom. The van der Waals surface area contributed by atoms with Gasteiger partial charge in [0.25, 0.3) is 0 Å². The lowest BCUT2D eigenvalue weighted by molar-refractivity contribution is 0.621. The first kappa shape index (κ1) is 13.0. The van der Waals surface area contributed by atoms with Gasteiger partial charge in [-0.3, -0.25) is 0 Å². The number of rotatable bonds is 5. The molecule has 2 N–H and O–H groups in total. The number of nitrogens with zero attached hydrogens (tertiary/aromatic N) is 1. The van der Waals surface area contributed by atoms with Crippen molar-refractivity contribution in [3.63, 3.8) is 0 Å². The third kappa shape index (κ3) is 3.20. The molecule has 1 aromatic rings. The molecule has 16 heavy (non-hydrogen) atoms. The molecule has 0 aliphatic heterocycles. The Hall–Kier alpha value is -1.09. The molecule has 2 nitrogen and oxygen atoms in total. The molecule has 0 bridgehead atoms. The zero-order chi connectivity index (χ0) is 12.1. The molecule has 1 aromatic carbocycles. The molecule has 3 heteroatoms. The fourth-order valence-electron chi connectivity index (χ4n) is 1.96. The van der Waals surface area contributed by atoms with Crippen LogP contribution in [0.3, 0.4) is 0 Å². The van der Waals surface area contributed by atoms with E-state index in [9.17, 15) is 4.39 Å². The Labute approximate surface area is 97.3 Å². The lowest BCUT2D eigenvalue weighted by atomic mass is 10.1. The van der Waals surface area contributed by atoms with Crippen LogP contribution in [0.5, 0.6) is 0 Å². The Bertz CT molecular complexity index is 337. The number of anilines is 1. The predicted molar refractivity (Wildman–Crippen MR) is 67.3 cm³/mol. The number of hydrogen-bond donors (Lipinski definition) is 1. The zero-order valence-corrected chi connectivity index (χ0v) is 10.3. The molecule has 0 spiro atoms. The maximum atomic E-state index is 13.4. The zero-order valence-electron chi connectivity index (χ0n) is 10.3. The van der Waals surface area contributed by atoms with E-state index in [4.69, 9.17) is 5.73 Å². The largest absolute Gasteiger partial charge is 0.369 e.